The lowest BCUT2D eigenvalue weighted by molar-refractivity contribution is -0.713. The van der Waals surface area contributed by atoms with Crippen molar-refractivity contribution in [3.8, 4) is 0 Å². The molecule has 0 bridgehead atoms. The number of nitrogens with zero attached hydrogens (tertiary/aromatic N) is 5. The van der Waals surface area contributed by atoms with Crippen LogP contribution in [0.3, 0.4) is 0 Å². The Morgan fingerprint density at radius 3 is 2.65 bits per heavy atom. The van der Waals surface area contributed by atoms with Crippen molar-refractivity contribution >= 4 is 81.1 Å². The van der Waals surface area contributed by atoms with Crippen molar-refractivity contribution in [3.63, 3.8) is 0 Å². The van der Waals surface area contributed by atoms with Gasteiger partial charge in [-0.25, -0.2) is 19.1 Å². The van der Waals surface area contributed by atoms with Crippen molar-refractivity contribution in [1.29, 1.82) is 0 Å². The standard InChI is InChI=1S/C24H27N9O7S3/c1-4-5-32-13(26)6-12(25)29-23(32)43-8-10-7-41-19-15(18(35)33(19)16(10)20(36)37)30-17(34)14(11-9-42-22(27)28-11)31-40-24(2,3)21(38)39/h4,6,9,15,19H,1,5,7-8H2,2-3H3,(H8,25,26,27,28,30,34,36,37,38,39)/p+1/b31-14+/t15-,19-/m1/s1. The highest BCUT2D eigenvalue weighted by Gasteiger charge is 2.54. The predicted molar refractivity (Wildman–Crippen MR) is 160 cm³/mol. The number of anilines is 3. The smallest absolute Gasteiger partial charge is 0.352 e. The van der Waals surface area contributed by atoms with E-state index < -0.39 is 46.5 Å². The van der Waals surface area contributed by atoms with Crippen molar-refractivity contribution in [1.82, 2.24) is 20.2 Å². The summed E-state index contributed by atoms with van der Waals surface area (Å²) < 4.78 is 1.67. The van der Waals surface area contributed by atoms with Crippen LogP contribution in [0, 0.1) is 0 Å². The molecule has 1 fully saturated rings. The number of fused-ring (bicyclic) bond motifs is 1. The lowest BCUT2D eigenvalue weighted by Crippen LogP contribution is -2.71. The second-order valence-electron chi connectivity index (χ2n) is 9.61. The number of thioether (sulfide) groups is 2. The number of oxime groups is 1. The molecule has 2 amide bonds. The largest absolute Gasteiger partial charge is 0.478 e. The molecule has 4 heterocycles. The van der Waals surface area contributed by atoms with Gasteiger partial charge in [0.2, 0.25) is 17.2 Å². The fourth-order valence-electron chi connectivity index (χ4n) is 3.92. The molecule has 0 aliphatic carbocycles. The SMILES string of the molecule is C=CC[n+]1c(N)cc(N)nc1SCC1=C(C(=O)O)N2C(=O)[C@@H](NC(=O)/C(=N/OC(C)(C)C(=O)O)c3csc(N)n3)[C@H]2SC1. The molecule has 43 heavy (non-hydrogen) atoms. The van der Waals surface area contributed by atoms with Gasteiger partial charge < -0.3 is 37.6 Å². The van der Waals surface area contributed by atoms with Crippen LogP contribution >= 0.6 is 34.9 Å². The van der Waals surface area contributed by atoms with Gasteiger partial charge in [0.1, 0.15) is 22.8 Å². The van der Waals surface area contributed by atoms with Gasteiger partial charge in [-0.05, 0) is 31.2 Å². The molecule has 2 aliphatic heterocycles. The third-order valence-electron chi connectivity index (χ3n) is 6.15. The van der Waals surface area contributed by atoms with Crippen LogP contribution in [-0.4, -0.2) is 83.1 Å². The minimum atomic E-state index is -1.78. The first kappa shape index (κ1) is 31.6. The highest BCUT2D eigenvalue weighted by atomic mass is 32.2. The van der Waals surface area contributed by atoms with E-state index in [9.17, 15) is 29.4 Å². The zero-order valence-electron chi connectivity index (χ0n) is 22.8. The van der Waals surface area contributed by atoms with Crippen LogP contribution in [0.25, 0.3) is 0 Å². The molecule has 9 N–H and O–H groups in total. The number of allylic oxidation sites excluding steroid dienone is 1. The lowest BCUT2D eigenvalue weighted by atomic mass is 10.0. The van der Waals surface area contributed by atoms with Gasteiger partial charge in [-0.15, -0.1) is 23.1 Å². The topological polar surface area (TPSA) is 253 Å². The molecule has 1 saturated heterocycles. The minimum Gasteiger partial charge on any atom is -0.478 e. The number of nitrogen functional groups attached to an aromatic ring is 3. The summed E-state index contributed by atoms with van der Waals surface area (Å²) in [6, 6.07) is 0.405. The van der Waals surface area contributed by atoms with Crippen LogP contribution in [0.15, 0.2) is 45.7 Å². The molecule has 2 atom stereocenters. The molecule has 0 spiro atoms. The van der Waals surface area contributed by atoms with Crippen molar-refractivity contribution < 1.29 is 38.8 Å². The van der Waals surface area contributed by atoms with E-state index in [4.69, 9.17) is 22.0 Å². The average Bonchev–Trinajstić information content (AvgIpc) is 3.36. The molecule has 0 saturated carbocycles. The van der Waals surface area contributed by atoms with E-state index in [1.165, 1.54) is 48.8 Å². The summed E-state index contributed by atoms with van der Waals surface area (Å²) in [5, 5.41) is 26.9. The average molecular weight is 651 g/mol. The number of aromatic nitrogens is 3. The summed E-state index contributed by atoms with van der Waals surface area (Å²) in [4.78, 5) is 64.8. The number of β-lactam (4-membered cyclic amide) rings is 1. The van der Waals surface area contributed by atoms with E-state index in [0.717, 1.165) is 16.2 Å². The van der Waals surface area contributed by atoms with Gasteiger partial charge in [-0.3, -0.25) is 14.5 Å². The van der Waals surface area contributed by atoms with E-state index in [-0.39, 0.29) is 33.8 Å². The van der Waals surface area contributed by atoms with Crippen LogP contribution in [0.1, 0.15) is 19.5 Å². The van der Waals surface area contributed by atoms with E-state index >= 15 is 0 Å². The molecular formula is C24H28N9O7S3+. The number of hydrogen-bond acceptors (Lipinski definition) is 14. The molecule has 0 radical (unpaired) electrons. The molecule has 4 rings (SSSR count). The summed E-state index contributed by atoms with van der Waals surface area (Å²) >= 11 is 3.49. The number of nitrogens with two attached hydrogens (primary N) is 3. The van der Waals surface area contributed by atoms with Gasteiger partial charge in [-0.2, -0.15) is 0 Å². The second-order valence-corrected chi connectivity index (χ2v) is 12.5. The highest BCUT2D eigenvalue weighted by molar-refractivity contribution is 8.01. The Kier molecular flexibility index (Phi) is 9.16. The summed E-state index contributed by atoms with van der Waals surface area (Å²) in [5.74, 6) is -3.19. The Hall–Kier alpha value is -4.36. The van der Waals surface area contributed by atoms with E-state index in [2.05, 4.69) is 27.0 Å². The molecule has 19 heteroatoms. The Morgan fingerprint density at radius 1 is 1.33 bits per heavy atom. The van der Waals surface area contributed by atoms with Crippen molar-refractivity contribution in [2.45, 2.75) is 42.6 Å². The van der Waals surface area contributed by atoms with Crippen LogP contribution in [0.5, 0.6) is 0 Å². The third-order valence-corrected chi connectivity index (χ3v) is 9.22. The van der Waals surface area contributed by atoms with Gasteiger partial charge in [0.15, 0.2) is 10.8 Å². The third kappa shape index (κ3) is 6.52. The van der Waals surface area contributed by atoms with E-state index in [1.807, 2.05) is 0 Å². The first-order valence-corrected chi connectivity index (χ1v) is 15.3. The quantitative estimate of drug-likeness (QED) is 0.0333. The molecule has 0 unspecified atom stereocenters. The number of carboxylic acids is 2. The number of carbonyl (C=O) groups is 4. The van der Waals surface area contributed by atoms with Gasteiger partial charge in [0.05, 0.1) is 12.6 Å². The maximum atomic E-state index is 13.2. The van der Waals surface area contributed by atoms with Crippen molar-refractivity contribution in [3.05, 3.63) is 41.1 Å². The maximum Gasteiger partial charge on any atom is 0.352 e. The van der Waals surface area contributed by atoms with Crippen LogP contribution in [-0.2, 0) is 30.6 Å². The Balaban J connectivity index is 1.54. The number of hydrogen-bond donors (Lipinski definition) is 6. The van der Waals surface area contributed by atoms with Gasteiger partial charge in [0, 0.05) is 16.9 Å². The number of rotatable bonds is 12. The van der Waals surface area contributed by atoms with E-state index in [1.54, 1.807) is 10.6 Å². The first-order valence-electron chi connectivity index (χ1n) is 12.4. The number of amides is 2. The predicted octanol–water partition coefficient (Wildman–Crippen LogP) is -0.127. The lowest BCUT2D eigenvalue weighted by Gasteiger charge is -2.49. The second kappa shape index (κ2) is 12.5. The first-order chi connectivity index (χ1) is 20.2. The zero-order chi connectivity index (χ0) is 31.6. The molecule has 2 aromatic heterocycles. The van der Waals surface area contributed by atoms with Crippen LogP contribution in [0.4, 0.5) is 16.8 Å². The fraction of sp³-hybridized carbons (Fsp3) is 0.333. The zero-order valence-corrected chi connectivity index (χ0v) is 25.3. The Labute approximate surface area is 257 Å². The molecule has 2 aromatic rings. The molecule has 228 valence electrons. The molecule has 16 nitrogen and oxygen atoms in total. The van der Waals surface area contributed by atoms with Crippen LogP contribution in [0.2, 0.25) is 0 Å². The maximum absolute atomic E-state index is 13.2. The molecule has 0 aromatic carbocycles. The number of nitrogens with one attached hydrogen (secondary N) is 1. The number of carboxylic acid groups (broad SMARTS) is 2. The van der Waals surface area contributed by atoms with Crippen LogP contribution < -0.4 is 27.1 Å². The van der Waals surface area contributed by atoms with Crippen molar-refractivity contribution in [2.24, 2.45) is 5.16 Å². The van der Waals surface area contributed by atoms with Gasteiger partial charge >= 0.3 is 17.1 Å². The highest BCUT2D eigenvalue weighted by Crippen LogP contribution is 2.41. The van der Waals surface area contributed by atoms with Gasteiger partial charge in [-0.1, -0.05) is 22.8 Å². The monoisotopic (exact) mass is 650 g/mol. The molecular weight excluding hydrogens is 623 g/mol. The summed E-state index contributed by atoms with van der Waals surface area (Å²) in [6.07, 6.45) is 1.63. The number of carbonyl (C=O) groups excluding carboxylic acids is 2. The normalized spacial score (nSPS) is 18.5. The van der Waals surface area contributed by atoms with Gasteiger partial charge in [0.25, 0.3) is 11.8 Å². The summed E-state index contributed by atoms with van der Waals surface area (Å²) in [6.45, 7) is 6.54. The fourth-order valence-corrected chi connectivity index (χ4v) is 6.99. The van der Waals surface area contributed by atoms with Crippen molar-refractivity contribution in [2.75, 3.05) is 28.7 Å². The molecule has 2 aliphatic rings. The minimum absolute atomic E-state index is 0.0102. The number of aliphatic carboxylic acids is 2. The summed E-state index contributed by atoms with van der Waals surface area (Å²) in [5.41, 5.74) is 15.7. The number of thiazole rings is 1. The summed E-state index contributed by atoms with van der Waals surface area (Å²) in [7, 11) is 0. The Morgan fingerprint density at radius 2 is 2.05 bits per heavy atom. The van der Waals surface area contributed by atoms with E-state index in [0.29, 0.717) is 23.1 Å². The Bertz CT molecular complexity index is 1570.